The standard InChI is InChI=1S/C19H27N3O5/c1-12-9-14(26-5)15(27-6)10-13(12)11-21(4)16(23)7-8-22-17(24)19(2,3)20-18(22)25/h9-10H,7-8,11H2,1-6H3,(H,20,25). The molecule has 0 aromatic heterocycles. The molecule has 27 heavy (non-hydrogen) atoms. The molecule has 8 heteroatoms. The number of amides is 4. The highest BCUT2D eigenvalue weighted by Gasteiger charge is 2.44. The zero-order valence-corrected chi connectivity index (χ0v) is 16.7. The Bertz CT molecular complexity index is 760. The third kappa shape index (κ3) is 4.32. The lowest BCUT2D eigenvalue weighted by atomic mass is 10.1. The van der Waals surface area contributed by atoms with E-state index in [9.17, 15) is 14.4 Å². The van der Waals surface area contributed by atoms with Crippen molar-refractivity contribution in [3.63, 3.8) is 0 Å². The van der Waals surface area contributed by atoms with Crippen molar-refractivity contribution in [1.82, 2.24) is 15.1 Å². The molecule has 0 spiro atoms. The number of nitrogens with one attached hydrogen (secondary N) is 1. The number of urea groups is 1. The van der Waals surface area contributed by atoms with Gasteiger partial charge in [-0.05, 0) is 44.0 Å². The molecule has 1 N–H and O–H groups in total. The van der Waals surface area contributed by atoms with Crippen LogP contribution in [0.25, 0.3) is 0 Å². The van der Waals surface area contributed by atoms with Crippen LogP contribution in [-0.4, -0.2) is 61.0 Å². The highest BCUT2D eigenvalue weighted by Crippen LogP contribution is 2.30. The number of carbonyl (C=O) groups excluding carboxylic acids is 3. The molecule has 2 rings (SSSR count). The summed E-state index contributed by atoms with van der Waals surface area (Å²) in [6, 6.07) is 3.25. The van der Waals surface area contributed by atoms with E-state index in [2.05, 4.69) is 5.32 Å². The van der Waals surface area contributed by atoms with Gasteiger partial charge in [-0.25, -0.2) is 4.79 Å². The summed E-state index contributed by atoms with van der Waals surface area (Å²) in [4.78, 5) is 39.2. The Kier molecular flexibility index (Phi) is 5.98. The molecule has 1 aliphatic heterocycles. The number of rotatable bonds is 7. The predicted octanol–water partition coefficient (Wildman–Crippen LogP) is 1.69. The molecule has 0 saturated carbocycles. The van der Waals surface area contributed by atoms with Gasteiger partial charge in [-0.3, -0.25) is 14.5 Å². The van der Waals surface area contributed by atoms with Gasteiger partial charge in [0.2, 0.25) is 5.91 Å². The average molecular weight is 377 g/mol. The van der Waals surface area contributed by atoms with Crippen LogP contribution in [0, 0.1) is 6.92 Å². The first-order chi connectivity index (χ1) is 12.6. The molecule has 4 amide bonds. The molecule has 1 saturated heterocycles. The third-order valence-electron chi connectivity index (χ3n) is 4.67. The number of benzene rings is 1. The lowest BCUT2D eigenvalue weighted by Crippen LogP contribution is -2.40. The van der Waals surface area contributed by atoms with Crippen molar-refractivity contribution in [2.45, 2.75) is 39.3 Å². The van der Waals surface area contributed by atoms with Crippen LogP contribution in [0.15, 0.2) is 12.1 Å². The lowest BCUT2D eigenvalue weighted by Gasteiger charge is -2.21. The lowest BCUT2D eigenvalue weighted by molar-refractivity contribution is -0.132. The molecule has 1 heterocycles. The van der Waals surface area contributed by atoms with Crippen LogP contribution in [0.3, 0.4) is 0 Å². The van der Waals surface area contributed by atoms with E-state index >= 15 is 0 Å². The Balaban J connectivity index is 2.00. The van der Waals surface area contributed by atoms with Crippen LogP contribution in [0.5, 0.6) is 11.5 Å². The number of nitrogens with zero attached hydrogens (tertiary/aromatic N) is 2. The van der Waals surface area contributed by atoms with Gasteiger partial charge in [0.25, 0.3) is 5.91 Å². The molecule has 1 aromatic carbocycles. The maximum Gasteiger partial charge on any atom is 0.325 e. The van der Waals surface area contributed by atoms with Gasteiger partial charge in [0.15, 0.2) is 11.5 Å². The normalized spacial score (nSPS) is 15.6. The fourth-order valence-corrected chi connectivity index (χ4v) is 2.96. The molecule has 1 fully saturated rings. The van der Waals surface area contributed by atoms with Crippen LogP contribution >= 0.6 is 0 Å². The number of imide groups is 1. The average Bonchev–Trinajstić information content (AvgIpc) is 2.81. The minimum Gasteiger partial charge on any atom is -0.493 e. The summed E-state index contributed by atoms with van der Waals surface area (Å²) in [7, 11) is 4.82. The van der Waals surface area contributed by atoms with Gasteiger partial charge in [-0.2, -0.15) is 0 Å². The van der Waals surface area contributed by atoms with E-state index < -0.39 is 11.6 Å². The summed E-state index contributed by atoms with van der Waals surface area (Å²) in [5, 5.41) is 2.60. The monoisotopic (exact) mass is 377 g/mol. The number of ether oxygens (including phenoxy) is 2. The Hall–Kier alpha value is -2.77. The van der Waals surface area contributed by atoms with E-state index in [-0.39, 0.29) is 24.8 Å². The molecule has 0 aliphatic carbocycles. The number of carbonyl (C=O) groups is 3. The quantitative estimate of drug-likeness (QED) is 0.731. The Morgan fingerprint density at radius 3 is 2.30 bits per heavy atom. The third-order valence-corrected chi connectivity index (χ3v) is 4.67. The van der Waals surface area contributed by atoms with Gasteiger partial charge in [-0.1, -0.05) is 0 Å². The van der Waals surface area contributed by atoms with Crippen molar-refractivity contribution in [2.75, 3.05) is 27.8 Å². The summed E-state index contributed by atoms with van der Waals surface area (Å²) in [5.41, 5.74) is 0.978. The summed E-state index contributed by atoms with van der Waals surface area (Å²) in [6.07, 6.45) is 0.0675. The number of methoxy groups -OCH3 is 2. The van der Waals surface area contributed by atoms with Gasteiger partial charge >= 0.3 is 6.03 Å². The fraction of sp³-hybridized carbons (Fsp3) is 0.526. The minimum absolute atomic E-state index is 0.0577. The van der Waals surface area contributed by atoms with Gasteiger partial charge in [-0.15, -0.1) is 0 Å². The molecule has 148 valence electrons. The maximum atomic E-state index is 12.5. The van der Waals surface area contributed by atoms with Crippen molar-refractivity contribution in [2.24, 2.45) is 0 Å². The zero-order valence-electron chi connectivity index (χ0n) is 16.7. The number of hydrogen-bond acceptors (Lipinski definition) is 5. The molecule has 0 bridgehead atoms. The van der Waals surface area contributed by atoms with Crippen molar-refractivity contribution < 1.29 is 23.9 Å². The zero-order chi connectivity index (χ0) is 20.4. The topological polar surface area (TPSA) is 88.2 Å². The van der Waals surface area contributed by atoms with Crippen molar-refractivity contribution in [1.29, 1.82) is 0 Å². The van der Waals surface area contributed by atoms with Crippen LogP contribution in [0.1, 0.15) is 31.4 Å². The minimum atomic E-state index is -0.928. The summed E-state index contributed by atoms with van der Waals surface area (Å²) < 4.78 is 10.6. The number of aryl methyl sites for hydroxylation is 1. The first kappa shape index (κ1) is 20.5. The molecule has 8 nitrogen and oxygen atoms in total. The van der Waals surface area contributed by atoms with E-state index in [0.717, 1.165) is 16.0 Å². The highest BCUT2D eigenvalue weighted by molar-refractivity contribution is 6.06. The van der Waals surface area contributed by atoms with Crippen LogP contribution in [-0.2, 0) is 16.1 Å². The van der Waals surface area contributed by atoms with Crippen LogP contribution in [0.4, 0.5) is 4.79 Å². The van der Waals surface area contributed by atoms with E-state index in [1.165, 1.54) is 0 Å². The SMILES string of the molecule is COc1cc(C)c(CN(C)C(=O)CCN2C(=O)NC(C)(C)C2=O)cc1OC. The molecular weight excluding hydrogens is 350 g/mol. The van der Waals surface area contributed by atoms with E-state index in [1.54, 1.807) is 40.0 Å². The summed E-state index contributed by atoms with van der Waals surface area (Å²) >= 11 is 0. The second-order valence-electron chi connectivity index (χ2n) is 7.15. The molecule has 0 unspecified atom stereocenters. The van der Waals surface area contributed by atoms with Crippen molar-refractivity contribution in [3.8, 4) is 11.5 Å². The largest absolute Gasteiger partial charge is 0.493 e. The van der Waals surface area contributed by atoms with Crippen LogP contribution < -0.4 is 14.8 Å². The Morgan fingerprint density at radius 1 is 1.19 bits per heavy atom. The Labute approximate surface area is 159 Å². The summed E-state index contributed by atoms with van der Waals surface area (Å²) in [6.45, 7) is 5.66. The van der Waals surface area contributed by atoms with Gasteiger partial charge in [0, 0.05) is 26.6 Å². The van der Waals surface area contributed by atoms with Gasteiger partial charge in [0.1, 0.15) is 5.54 Å². The molecular formula is C19H27N3O5. The molecule has 1 aromatic rings. The smallest absolute Gasteiger partial charge is 0.325 e. The molecule has 0 atom stereocenters. The Morgan fingerprint density at radius 2 is 1.78 bits per heavy atom. The first-order valence-corrected chi connectivity index (χ1v) is 8.70. The molecule has 1 aliphatic rings. The first-order valence-electron chi connectivity index (χ1n) is 8.70. The van der Waals surface area contributed by atoms with Crippen LogP contribution in [0.2, 0.25) is 0 Å². The fourth-order valence-electron chi connectivity index (χ4n) is 2.96. The summed E-state index contributed by atoms with van der Waals surface area (Å²) in [5.74, 6) is 0.752. The van der Waals surface area contributed by atoms with Gasteiger partial charge < -0.3 is 19.7 Å². The molecule has 0 radical (unpaired) electrons. The number of hydrogen-bond donors (Lipinski definition) is 1. The van der Waals surface area contributed by atoms with E-state index in [0.29, 0.717) is 18.0 Å². The van der Waals surface area contributed by atoms with Crippen molar-refractivity contribution >= 4 is 17.8 Å². The highest BCUT2D eigenvalue weighted by atomic mass is 16.5. The predicted molar refractivity (Wildman–Crippen MR) is 99.7 cm³/mol. The second-order valence-corrected chi connectivity index (χ2v) is 7.15. The van der Waals surface area contributed by atoms with Crippen molar-refractivity contribution in [3.05, 3.63) is 23.3 Å². The van der Waals surface area contributed by atoms with E-state index in [4.69, 9.17) is 9.47 Å². The van der Waals surface area contributed by atoms with E-state index in [1.807, 2.05) is 19.1 Å². The van der Waals surface area contributed by atoms with Gasteiger partial charge in [0.05, 0.1) is 14.2 Å². The maximum absolute atomic E-state index is 12.5. The second kappa shape index (κ2) is 7.85.